The molecule has 4 amide bonds. The molecule has 41 heavy (non-hydrogen) atoms. The van der Waals surface area contributed by atoms with Gasteiger partial charge in [0.05, 0.1) is 16.7 Å². The highest BCUT2D eigenvalue weighted by molar-refractivity contribution is 6.60. The molecule has 0 fully saturated rings. The van der Waals surface area contributed by atoms with E-state index in [-0.39, 0.29) is 13.1 Å². The Morgan fingerprint density at radius 2 is 1.20 bits per heavy atom. The van der Waals surface area contributed by atoms with Gasteiger partial charge in [-0.25, -0.2) is 14.5 Å². The van der Waals surface area contributed by atoms with E-state index in [0.717, 1.165) is 10.3 Å². The second-order valence-corrected chi connectivity index (χ2v) is 15.1. The molecule has 3 aromatic rings. The fraction of sp³-hybridized carbons (Fsp3) is 0.462. The summed E-state index contributed by atoms with van der Waals surface area (Å²) in [4.78, 5) is 37.3. The summed E-state index contributed by atoms with van der Waals surface area (Å²) in [6, 6.07) is 8.78. The van der Waals surface area contributed by atoms with Crippen molar-refractivity contribution in [1.29, 1.82) is 0 Å². The number of hydrogen-bond acceptors (Lipinski definition) is 10. The number of rotatable bonds is 15. The third kappa shape index (κ3) is 7.63. The highest BCUT2D eigenvalue weighted by atomic mass is 28.4. The molecular formula is C26H39N5O8Si2. The third-order valence-electron chi connectivity index (χ3n) is 6.82. The van der Waals surface area contributed by atoms with E-state index in [1.165, 1.54) is 42.7 Å². The number of benzene rings is 1. The van der Waals surface area contributed by atoms with E-state index >= 15 is 0 Å². The van der Waals surface area contributed by atoms with Crippen LogP contribution in [0.5, 0.6) is 0 Å². The number of imide groups is 1. The number of carbonyl (C=O) groups is 2. The van der Waals surface area contributed by atoms with E-state index in [2.05, 4.69) is 20.6 Å². The second kappa shape index (κ2) is 15.3. The number of aromatic nitrogens is 2. The SMILES string of the molecule is CO[Si](CCCNC(=O)N(C(=O)NCCC[Si](OC)(OC)OC)c1cc2cccnc2c2ncccc12)(OC)OC. The predicted octanol–water partition coefficient (Wildman–Crippen LogP) is 3.55. The molecule has 0 bridgehead atoms. The number of amides is 4. The molecule has 0 aliphatic carbocycles. The predicted molar refractivity (Wildman–Crippen MR) is 159 cm³/mol. The topological polar surface area (TPSA) is 143 Å². The number of carbonyl (C=O) groups excluding carboxylic acids is 2. The zero-order valence-electron chi connectivity index (χ0n) is 24.4. The van der Waals surface area contributed by atoms with Crippen LogP contribution in [0.25, 0.3) is 21.8 Å². The third-order valence-corrected chi connectivity index (χ3v) is 12.5. The van der Waals surface area contributed by atoms with Crippen molar-refractivity contribution < 1.29 is 36.1 Å². The zero-order valence-corrected chi connectivity index (χ0v) is 26.4. The minimum absolute atomic E-state index is 0.266. The minimum Gasteiger partial charge on any atom is -0.377 e. The van der Waals surface area contributed by atoms with Gasteiger partial charge in [0, 0.05) is 91.0 Å². The van der Waals surface area contributed by atoms with Crippen molar-refractivity contribution >= 4 is 57.2 Å². The van der Waals surface area contributed by atoms with Gasteiger partial charge in [-0.2, -0.15) is 0 Å². The van der Waals surface area contributed by atoms with E-state index in [1.807, 2.05) is 12.1 Å². The van der Waals surface area contributed by atoms with E-state index in [0.29, 0.717) is 47.0 Å². The lowest BCUT2D eigenvalue weighted by Gasteiger charge is -2.26. The fourth-order valence-corrected chi connectivity index (χ4v) is 7.97. The van der Waals surface area contributed by atoms with Crippen LogP contribution >= 0.6 is 0 Å². The van der Waals surface area contributed by atoms with Gasteiger partial charge in [-0.15, -0.1) is 0 Å². The van der Waals surface area contributed by atoms with Gasteiger partial charge in [0.25, 0.3) is 0 Å². The van der Waals surface area contributed by atoms with Gasteiger partial charge < -0.3 is 37.2 Å². The van der Waals surface area contributed by atoms with Crippen molar-refractivity contribution in [2.45, 2.75) is 24.9 Å². The minimum atomic E-state index is -2.80. The summed E-state index contributed by atoms with van der Waals surface area (Å²) in [6.45, 7) is 0.533. The van der Waals surface area contributed by atoms with Gasteiger partial charge >= 0.3 is 29.7 Å². The van der Waals surface area contributed by atoms with Crippen LogP contribution in [0.15, 0.2) is 42.7 Å². The maximum absolute atomic E-state index is 13.6. The second-order valence-electron chi connectivity index (χ2n) is 8.97. The monoisotopic (exact) mass is 605 g/mol. The number of hydrogen-bond donors (Lipinski definition) is 2. The molecule has 2 heterocycles. The largest absolute Gasteiger partial charge is 0.500 e. The number of nitrogens with zero attached hydrogens (tertiary/aromatic N) is 3. The van der Waals surface area contributed by atoms with Crippen LogP contribution < -0.4 is 15.5 Å². The van der Waals surface area contributed by atoms with Crippen molar-refractivity contribution in [3.8, 4) is 0 Å². The summed E-state index contributed by atoms with van der Waals surface area (Å²) in [5.74, 6) is 0. The molecule has 15 heteroatoms. The summed E-state index contributed by atoms with van der Waals surface area (Å²) in [5.41, 5.74) is 1.64. The number of nitrogens with one attached hydrogen (secondary N) is 2. The van der Waals surface area contributed by atoms with Gasteiger partial charge in [-0.3, -0.25) is 9.97 Å². The van der Waals surface area contributed by atoms with Crippen LogP contribution in [0.4, 0.5) is 15.3 Å². The lowest BCUT2D eigenvalue weighted by Crippen LogP contribution is -2.50. The smallest absolute Gasteiger partial charge is 0.377 e. The summed E-state index contributed by atoms with van der Waals surface area (Å²) >= 11 is 0. The Kier molecular flexibility index (Phi) is 12.1. The molecule has 0 saturated heterocycles. The van der Waals surface area contributed by atoms with Crippen molar-refractivity contribution in [3.05, 3.63) is 42.7 Å². The average Bonchev–Trinajstić information content (AvgIpc) is 3.02. The van der Waals surface area contributed by atoms with Gasteiger partial charge in [0.15, 0.2) is 0 Å². The molecule has 1 aromatic carbocycles. The lowest BCUT2D eigenvalue weighted by molar-refractivity contribution is 0.122. The van der Waals surface area contributed by atoms with E-state index in [1.54, 1.807) is 30.6 Å². The summed E-state index contributed by atoms with van der Waals surface area (Å²) in [7, 11) is 3.62. The van der Waals surface area contributed by atoms with Crippen LogP contribution in [-0.2, 0) is 26.6 Å². The molecule has 0 spiro atoms. The van der Waals surface area contributed by atoms with Crippen LogP contribution in [0.2, 0.25) is 12.1 Å². The fourth-order valence-electron chi connectivity index (χ4n) is 4.52. The van der Waals surface area contributed by atoms with Crippen LogP contribution in [-0.4, -0.2) is 95.4 Å². The van der Waals surface area contributed by atoms with Crippen LogP contribution in [0, 0.1) is 0 Å². The normalized spacial score (nSPS) is 12.0. The van der Waals surface area contributed by atoms with Gasteiger partial charge in [-0.05, 0) is 37.1 Å². The Labute approximate surface area is 242 Å². The highest BCUT2D eigenvalue weighted by Gasteiger charge is 2.38. The zero-order chi connectivity index (χ0) is 29.9. The molecule has 3 rings (SSSR count). The van der Waals surface area contributed by atoms with E-state index in [4.69, 9.17) is 26.6 Å². The summed E-state index contributed by atoms with van der Waals surface area (Å²) in [5, 5.41) is 7.06. The number of fused-ring (bicyclic) bond motifs is 3. The molecule has 0 radical (unpaired) electrons. The van der Waals surface area contributed by atoms with Gasteiger partial charge in [0.1, 0.15) is 0 Å². The van der Waals surface area contributed by atoms with E-state index in [9.17, 15) is 9.59 Å². The molecular weight excluding hydrogens is 566 g/mol. The Hall–Kier alpha value is -3.03. The highest BCUT2D eigenvalue weighted by Crippen LogP contribution is 2.32. The Morgan fingerprint density at radius 3 is 1.68 bits per heavy atom. The molecule has 0 unspecified atom stereocenters. The van der Waals surface area contributed by atoms with Crippen molar-refractivity contribution in [2.24, 2.45) is 0 Å². The standard InChI is InChI=1S/C26H39N5O8Si2/c1-34-40(35-2,36-3)17-9-15-29-25(32)31(26(33)30-16-10-18-41(37-4,38-5)39-6)22-19-20-11-7-13-27-23(20)24-21(22)12-8-14-28-24/h7-8,11-14,19H,9-10,15-18H2,1-6H3,(H,29,32)(H,30,33). The summed E-state index contributed by atoms with van der Waals surface area (Å²) < 4.78 is 32.8. The Morgan fingerprint density at radius 1 is 0.732 bits per heavy atom. The van der Waals surface area contributed by atoms with Crippen molar-refractivity contribution in [3.63, 3.8) is 0 Å². The Balaban J connectivity index is 1.87. The van der Waals surface area contributed by atoms with Crippen LogP contribution in [0.3, 0.4) is 0 Å². The molecule has 13 nitrogen and oxygen atoms in total. The first kappa shape index (κ1) is 32.5. The number of anilines is 1. The molecule has 0 saturated carbocycles. The van der Waals surface area contributed by atoms with Gasteiger partial charge in [-0.1, -0.05) is 6.07 Å². The maximum Gasteiger partial charge on any atom is 0.500 e. The lowest BCUT2D eigenvalue weighted by atomic mass is 10.1. The molecule has 0 aliphatic heterocycles. The average molecular weight is 606 g/mol. The molecule has 2 aromatic heterocycles. The maximum atomic E-state index is 13.6. The number of urea groups is 2. The molecule has 0 atom stereocenters. The number of pyridine rings is 2. The summed E-state index contributed by atoms with van der Waals surface area (Å²) in [6.07, 6.45) is 4.37. The molecule has 0 aliphatic rings. The quantitative estimate of drug-likeness (QED) is 0.150. The first-order chi connectivity index (χ1) is 19.8. The first-order valence-corrected chi connectivity index (χ1v) is 17.0. The molecule has 224 valence electrons. The van der Waals surface area contributed by atoms with E-state index < -0.39 is 29.7 Å². The van der Waals surface area contributed by atoms with Crippen LogP contribution in [0.1, 0.15) is 12.8 Å². The van der Waals surface area contributed by atoms with Gasteiger partial charge in [0.2, 0.25) is 0 Å². The Bertz CT molecular complexity index is 1250. The molecule has 2 N–H and O–H groups in total. The van der Waals surface area contributed by atoms with Crippen molar-refractivity contribution in [1.82, 2.24) is 20.6 Å². The first-order valence-electron chi connectivity index (χ1n) is 13.1. The van der Waals surface area contributed by atoms with Crippen molar-refractivity contribution in [2.75, 3.05) is 60.6 Å².